The minimum absolute atomic E-state index is 0.211. The summed E-state index contributed by atoms with van der Waals surface area (Å²) < 4.78 is 52.2. The third kappa shape index (κ3) is 7.40. The summed E-state index contributed by atoms with van der Waals surface area (Å²) in [7, 11) is 0. The van der Waals surface area contributed by atoms with Crippen LogP contribution in [0, 0.1) is 24.4 Å². The van der Waals surface area contributed by atoms with Gasteiger partial charge in [0.15, 0.2) is 0 Å². The fraction of sp³-hybridized carbons (Fsp3) is 0.0154. The second-order valence-corrected chi connectivity index (χ2v) is 17.7. The summed E-state index contributed by atoms with van der Waals surface area (Å²) >= 11 is 0. The van der Waals surface area contributed by atoms with Crippen LogP contribution in [0.2, 0.25) is 0 Å². The van der Waals surface area contributed by atoms with E-state index in [2.05, 4.69) is 42.5 Å². The van der Waals surface area contributed by atoms with Gasteiger partial charge in [-0.1, -0.05) is 182 Å². The molecular formula is C65H43F3N2. The summed E-state index contributed by atoms with van der Waals surface area (Å²) in [6.45, 7) is 1.85. The Morgan fingerprint density at radius 1 is 0.300 bits per heavy atom. The van der Waals surface area contributed by atoms with Crippen LogP contribution in [0.25, 0.3) is 76.8 Å². The predicted molar refractivity (Wildman–Crippen MR) is 286 cm³/mol. The number of halogens is 3. The van der Waals surface area contributed by atoms with Crippen LogP contribution >= 0.6 is 0 Å². The molecule has 0 spiro atoms. The van der Waals surface area contributed by atoms with E-state index < -0.39 is 11.6 Å². The summed E-state index contributed by atoms with van der Waals surface area (Å²) in [5.74, 6) is -1.35. The maximum absolute atomic E-state index is 17.7. The van der Waals surface area contributed by atoms with Gasteiger partial charge in [0.2, 0.25) is 0 Å². The second-order valence-electron chi connectivity index (χ2n) is 17.7. The average molecular weight is 909 g/mol. The first-order valence-electron chi connectivity index (χ1n) is 23.4. The first-order valence-corrected chi connectivity index (χ1v) is 23.4. The van der Waals surface area contributed by atoms with E-state index in [9.17, 15) is 0 Å². The smallest absolute Gasteiger partial charge is 0.148 e. The molecule has 5 heteroatoms. The summed E-state index contributed by atoms with van der Waals surface area (Å²) in [5.41, 5.74) is 10.0. The van der Waals surface area contributed by atoms with Gasteiger partial charge in [-0.15, -0.1) is 0 Å². The number of rotatable bonds is 10. The molecule has 0 amide bonds. The van der Waals surface area contributed by atoms with Crippen molar-refractivity contribution in [2.45, 2.75) is 6.92 Å². The first kappa shape index (κ1) is 42.4. The highest BCUT2D eigenvalue weighted by atomic mass is 19.1. The van der Waals surface area contributed by atoms with E-state index in [4.69, 9.17) is 0 Å². The summed E-state index contributed by atoms with van der Waals surface area (Å²) in [4.78, 5) is 3.78. The molecule has 70 heavy (non-hydrogen) atoms. The van der Waals surface area contributed by atoms with Crippen LogP contribution in [-0.4, -0.2) is 0 Å². The van der Waals surface area contributed by atoms with Crippen molar-refractivity contribution in [1.29, 1.82) is 0 Å². The minimum atomic E-state index is -0.499. The fourth-order valence-corrected chi connectivity index (χ4v) is 10.2. The Morgan fingerprint density at radius 2 is 0.686 bits per heavy atom. The van der Waals surface area contributed by atoms with E-state index in [1.165, 1.54) is 6.07 Å². The number of hydrogen-bond donors (Lipinski definition) is 0. The highest BCUT2D eigenvalue weighted by Crippen LogP contribution is 2.52. The largest absolute Gasteiger partial charge is 0.307 e. The normalized spacial score (nSPS) is 11.4. The Kier molecular flexibility index (Phi) is 10.7. The van der Waals surface area contributed by atoms with Gasteiger partial charge in [0.1, 0.15) is 17.5 Å². The van der Waals surface area contributed by atoms with Gasteiger partial charge < -0.3 is 9.80 Å². The van der Waals surface area contributed by atoms with Gasteiger partial charge >= 0.3 is 0 Å². The Balaban J connectivity index is 1.13. The molecule has 0 saturated heterocycles. The second kappa shape index (κ2) is 17.6. The minimum Gasteiger partial charge on any atom is -0.307 e. The Bertz CT molecular complexity index is 3860. The van der Waals surface area contributed by atoms with E-state index in [0.717, 1.165) is 82.6 Å². The maximum Gasteiger partial charge on any atom is 0.148 e. The molecule has 0 aliphatic carbocycles. The highest BCUT2D eigenvalue weighted by Gasteiger charge is 2.29. The third-order valence-electron chi connectivity index (χ3n) is 13.4. The average Bonchev–Trinajstić information content (AvgIpc) is 3.41. The predicted octanol–water partition coefficient (Wildman–Crippen LogP) is 18.9. The van der Waals surface area contributed by atoms with Crippen molar-refractivity contribution in [2.24, 2.45) is 0 Å². The monoisotopic (exact) mass is 908 g/mol. The van der Waals surface area contributed by atoms with Crippen molar-refractivity contribution in [1.82, 2.24) is 0 Å². The molecule has 0 radical (unpaired) electrons. The molecule has 0 aliphatic rings. The standard InChI is InChI=1S/C65H43F3N2/c1-42-27-34-61(56(66)37-42)70(65-55(46-23-13-5-14-24-46)39-50(41-58(65)68)44-19-9-3-10-20-44)60-36-31-48-28-32-52-59(35-30-47-29-33-53(60)63(48)62(47)52)69(51-25-15-6-16-26-51)64-54(45-21-11-4-12-22-45)38-49(40-57(64)67)43-17-7-2-8-18-43/h2-41H,1H3. The molecule has 0 atom stereocenters. The van der Waals surface area contributed by atoms with Gasteiger partial charge in [0.25, 0.3) is 0 Å². The molecule has 2 nitrogen and oxygen atoms in total. The van der Waals surface area contributed by atoms with Gasteiger partial charge in [0.05, 0.1) is 28.4 Å². The summed E-state index contributed by atoms with van der Waals surface area (Å²) in [6.07, 6.45) is 0. The van der Waals surface area contributed by atoms with Crippen LogP contribution in [0.3, 0.4) is 0 Å². The van der Waals surface area contributed by atoms with Gasteiger partial charge in [-0.05, 0) is 128 Å². The van der Waals surface area contributed by atoms with Gasteiger partial charge in [-0.25, -0.2) is 13.2 Å². The SMILES string of the molecule is Cc1ccc(N(c2c(F)cc(-c3ccccc3)cc2-c2ccccc2)c2ccc3ccc4c(N(c5ccccc5)c5c(F)cc(-c6ccccc6)cc5-c5ccccc5)ccc5ccc2c3c54)c(F)c1. The van der Waals surface area contributed by atoms with Crippen molar-refractivity contribution in [2.75, 3.05) is 9.80 Å². The molecule has 334 valence electrons. The quantitative estimate of drug-likeness (QED) is 0.126. The molecular weight excluding hydrogens is 866 g/mol. The summed E-state index contributed by atoms with van der Waals surface area (Å²) in [5, 5.41) is 5.49. The van der Waals surface area contributed by atoms with Crippen LogP contribution in [0.5, 0.6) is 0 Å². The fourth-order valence-electron chi connectivity index (χ4n) is 10.2. The van der Waals surface area contributed by atoms with E-state index in [-0.39, 0.29) is 17.2 Å². The highest BCUT2D eigenvalue weighted by molar-refractivity contribution is 6.28. The molecule has 0 saturated carbocycles. The van der Waals surface area contributed by atoms with Gasteiger partial charge in [-0.2, -0.15) is 0 Å². The number of nitrogens with zero attached hydrogens (tertiary/aromatic N) is 2. The summed E-state index contributed by atoms with van der Waals surface area (Å²) in [6, 6.07) is 78.1. The van der Waals surface area contributed by atoms with Crippen molar-refractivity contribution >= 4 is 66.4 Å². The van der Waals surface area contributed by atoms with Crippen molar-refractivity contribution in [3.63, 3.8) is 0 Å². The molecule has 12 rings (SSSR count). The molecule has 0 aliphatic heterocycles. The zero-order valence-electron chi connectivity index (χ0n) is 38.1. The number of benzene rings is 12. The van der Waals surface area contributed by atoms with Crippen LogP contribution in [0.4, 0.5) is 47.3 Å². The van der Waals surface area contributed by atoms with Crippen molar-refractivity contribution in [3.05, 3.63) is 266 Å². The lowest BCUT2D eigenvalue weighted by Gasteiger charge is -2.32. The van der Waals surface area contributed by atoms with Crippen molar-refractivity contribution in [3.8, 4) is 44.5 Å². The number of aryl methyl sites for hydroxylation is 1. The van der Waals surface area contributed by atoms with Crippen LogP contribution in [0.15, 0.2) is 243 Å². The lowest BCUT2D eigenvalue weighted by atomic mass is 9.90. The molecule has 0 heterocycles. The Hall–Kier alpha value is -8.93. The zero-order chi connectivity index (χ0) is 47.3. The lowest BCUT2D eigenvalue weighted by Crippen LogP contribution is -2.16. The molecule has 0 N–H and O–H groups in total. The molecule has 0 unspecified atom stereocenters. The molecule has 0 aromatic heterocycles. The first-order chi connectivity index (χ1) is 34.4. The molecule has 12 aromatic rings. The van der Waals surface area contributed by atoms with E-state index in [0.29, 0.717) is 22.5 Å². The van der Waals surface area contributed by atoms with Gasteiger partial charge in [0, 0.05) is 27.6 Å². The van der Waals surface area contributed by atoms with E-state index >= 15 is 13.2 Å². The Morgan fingerprint density at radius 3 is 1.14 bits per heavy atom. The third-order valence-corrected chi connectivity index (χ3v) is 13.4. The van der Waals surface area contributed by atoms with E-state index in [1.54, 1.807) is 23.1 Å². The Labute approximate surface area is 404 Å². The number of para-hydroxylation sites is 1. The van der Waals surface area contributed by atoms with Crippen molar-refractivity contribution < 1.29 is 13.2 Å². The maximum atomic E-state index is 17.7. The van der Waals surface area contributed by atoms with Crippen LogP contribution in [-0.2, 0) is 0 Å². The number of anilines is 6. The van der Waals surface area contributed by atoms with Crippen LogP contribution < -0.4 is 9.80 Å². The van der Waals surface area contributed by atoms with Crippen LogP contribution in [0.1, 0.15) is 5.56 Å². The molecule has 12 aromatic carbocycles. The zero-order valence-corrected chi connectivity index (χ0v) is 38.1. The lowest BCUT2D eigenvalue weighted by molar-refractivity contribution is 0.619. The topological polar surface area (TPSA) is 6.48 Å². The van der Waals surface area contributed by atoms with Gasteiger partial charge in [-0.3, -0.25) is 0 Å². The molecule has 0 fully saturated rings. The molecule has 0 bridgehead atoms. The van der Waals surface area contributed by atoms with E-state index in [1.807, 2.05) is 188 Å². The number of hydrogen-bond acceptors (Lipinski definition) is 2.